The molecule has 16 heavy (non-hydrogen) atoms. The zero-order valence-corrected chi connectivity index (χ0v) is 10.4. The van der Waals surface area contributed by atoms with Crippen molar-refractivity contribution < 1.29 is 23.1 Å². The van der Waals surface area contributed by atoms with E-state index in [2.05, 4.69) is 15.9 Å². The molecule has 0 unspecified atom stereocenters. The number of hydrogen-bond acceptors (Lipinski definition) is 2. The van der Waals surface area contributed by atoms with Crippen molar-refractivity contribution in [3.63, 3.8) is 0 Å². The molecular formula is C8H9BrF2NO3P. The van der Waals surface area contributed by atoms with E-state index >= 15 is 0 Å². The van der Waals surface area contributed by atoms with E-state index < -0.39 is 18.8 Å². The van der Waals surface area contributed by atoms with Gasteiger partial charge in [-0.3, -0.25) is 4.57 Å². The van der Waals surface area contributed by atoms with Crippen molar-refractivity contribution in [2.75, 3.05) is 0 Å². The molecule has 0 bridgehead atoms. The summed E-state index contributed by atoms with van der Waals surface area (Å²) in [6.07, 6.45) is 0. The number of alkyl halides is 2. The molecule has 0 aromatic heterocycles. The van der Waals surface area contributed by atoms with Crippen molar-refractivity contribution in [1.29, 1.82) is 0 Å². The van der Waals surface area contributed by atoms with Crippen LogP contribution >= 0.6 is 23.5 Å². The number of hydrogen-bond donors (Lipinski definition) is 3. The van der Waals surface area contributed by atoms with E-state index in [1.54, 1.807) is 0 Å². The van der Waals surface area contributed by atoms with Crippen LogP contribution in [0.5, 0.6) is 0 Å². The molecular weight excluding hydrogens is 307 g/mol. The second-order valence-electron chi connectivity index (χ2n) is 3.10. The molecule has 1 rings (SSSR count). The lowest BCUT2D eigenvalue weighted by molar-refractivity contribution is 0.0557. The van der Waals surface area contributed by atoms with E-state index in [-0.39, 0.29) is 11.0 Å². The molecule has 0 aliphatic carbocycles. The van der Waals surface area contributed by atoms with Gasteiger partial charge < -0.3 is 15.5 Å². The van der Waals surface area contributed by atoms with Crippen LogP contribution < -0.4 is 5.73 Å². The second kappa shape index (κ2) is 4.50. The molecule has 90 valence electrons. The lowest BCUT2D eigenvalue weighted by Gasteiger charge is -2.19. The van der Waals surface area contributed by atoms with Gasteiger partial charge >= 0.3 is 13.3 Å². The van der Waals surface area contributed by atoms with Crippen molar-refractivity contribution in [2.24, 2.45) is 5.73 Å². The van der Waals surface area contributed by atoms with Crippen molar-refractivity contribution in [3.05, 3.63) is 33.8 Å². The molecule has 0 aliphatic rings. The fourth-order valence-corrected chi connectivity index (χ4v) is 2.42. The molecule has 4 N–H and O–H groups in total. The van der Waals surface area contributed by atoms with Crippen LogP contribution in [0.2, 0.25) is 0 Å². The minimum absolute atomic E-state index is 0.0798. The van der Waals surface area contributed by atoms with Gasteiger partial charge in [0.25, 0.3) is 0 Å². The lowest BCUT2D eigenvalue weighted by atomic mass is 10.1. The maximum atomic E-state index is 13.3. The van der Waals surface area contributed by atoms with E-state index in [4.69, 9.17) is 15.5 Å². The Bertz CT molecular complexity index is 449. The van der Waals surface area contributed by atoms with Crippen LogP contribution in [0.4, 0.5) is 8.78 Å². The first-order chi connectivity index (χ1) is 7.20. The Kier molecular flexibility index (Phi) is 3.87. The Balaban J connectivity index is 3.30. The standard InChI is InChI=1S/C8H9BrF2NO3P/c9-7-3-5(4-12)1-2-6(7)8(10,11)16(13,14)15/h1-3H,4,12H2,(H2,13,14,15). The SMILES string of the molecule is NCc1ccc(C(F)(F)P(=O)(O)O)c(Br)c1. The van der Waals surface area contributed by atoms with Crippen LogP contribution in [0.3, 0.4) is 0 Å². The summed E-state index contributed by atoms with van der Waals surface area (Å²) in [6, 6.07) is 3.55. The summed E-state index contributed by atoms with van der Waals surface area (Å²) >= 11 is 2.84. The van der Waals surface area contributed by atoms with Crippen molar-refractivity contribution in [2.45, 2.75) is 12.2 Å². The van der Waals surface area contributed by atoms with Gasteiger partial charge in [-0.25, -0.2) is 0 Å². The summed E-state index contributed by atoms with van der Waals surface area (Å²) in [5, 5.41) is 0. The highest BCUT2D eigenvalue weighted by Crippen LogP contribution is 2.60. The van der Waals surface area contributed by atoms with Gasteiger partial charge in [0, 0.05) is 16.6 Å². The third kappa shape index (κ3) is 2.49. The first-order valence-electron chi connectivity index (χ1n) is 4.12. The maximum Gasteiger partial charge on any atom is 0.399 e. The van der Waals surface area contributed by atoms with Gasteiger partial charge in [-0.1, -0.05) is 28.1 Å². The zero-order chi connectivity index (χ0) is 12.6. The number of halogens is 3. The lowest BCUT2D eigenvalue weighted by Crippen LogP contribution is -2.14. The molecule has 0 aliphatic heterocycles. The zero-order valence-electron chi connectivity index (χ0n) is 7.90. The summed E-state index contributed by atoms with van der Waals surface area (Å²) in [6.45, 7) is 0.153. The highest BCUT2D eigenvalue weighted by Gasteiger charge is 2.51. The van der Waals surface area contributed by atoms with Crippen LogP contribution in [0.25, 0.3) is 0 Å². The maximum absolute atomic E-state index is 13.3. The molecule has 4 nitrogen and oxygen atoms in total. The van der Waals surface area contributed by atoms with Crippen molar-refractivity contribution >= 4 is 23.5 Å². The molecule has 0 radical (unpaired) electrons. The fourth-order valence-electron chi connectivity index (χ4n) is 1.09. The predicted octanol–water partition coefficient (Wildman–Crippen LogP) is 2.13. The average Bonchev–Trinajstić information content (AvgIpc) is 2.15. The Labute approximate surface area is 98.8 Å². The van der Waals surface area contributed by atoms with Crippen LogP contribution in [-0.2, 0) is 16.8 Å². The largest absolute Gasteiger partial charge is 0.399 e. The Morgan fingerprint density at radius 3 is 2.38 bits per heavy atom. The quantitative estimate of drug-likeness (QED) is 0.746. The molecule has 8 heteroatoms. The molecule has 0 atom stereocenters. The van der Waals surface area contributed by atoms with Crippen molar-refractivity contribution in [1.82, 2.24) is 0 Å². The minimum atomic E-state index is -5.54. The molecule has 1 aromatic rings. The molecule has 0 heterocycles. The smallest absolute Gasteiger partial charge is 0.326 e. The average molecular weight is 316 g/mol. The Hall–Kier alpha value is -0.330. The molecule has 0 fully saturated rings. The molecule has 0 spiro atoms. The van der Waals surface area contributed by atoms with E-state index in [1.165, 1.54) is 12.1 Å². The summed E-state index contributed by atoms with van der Waals surface area (Å²) in [7, 11) is -5.54. The van der Waals surface area contributed by atoms with Crippen molar-refractivity contribution in [3.8, 4) is 0 Å². The van der Waals surface area contributed by atoms with Gasteiger partial charge in [0.1, 0.15) is 0 Å². The Morgan fingerprint density at radius 1 is 1.44 bits per heavy atom. The summed E-state index contributed by atoms with van der Waals surface area (Å²) in [5.74, 6) is 0. The van der Waals surface area contributed by atoms with Crippen LogP contribution in [0.1, 0.15) is 11.1 Å². The van der Waals surface area contributed by atoms with E-state index in [0.29, 0.717) is 5.56 Å². The van der Waals surface area contributed by atoms with Gasteiger partial charge in [-0.05, 0) is 11.6 Å². The van der Waals surface area contributed by atoms with Gasteiger partial charge in [0.05, 0.1) is 0 Å². The van der Waals surface area contributed by atoms with Crippen LogP contribution in [0.15, 0.2) is 22.7 Å². The molecule has 0 saturated heterocycles. The van der Waals surface area contributed by atoms with Gasteiger partial charge in [0.2, 0.25) is 0 Å². The van der Waals surface area contributed by atoms with E-state index in [9.17, 15) is 13.3 Å². The summed E-state index contributed by atoms with van der Waals surface area (Å²) in [4.78, 5) is 17.1. The third-order valence-electron chi connectivity index (χ3n) is 1.96. The predicted molar refractivity (Wildman–Crippen MR) is 58.0 cm³/mol. The monoisotopic (exact) mass is 315 g/mol. The highest BCUT2D eigenvalue weighted by molar-refractivity contribution is 9.10. The highest BCUT2D eigenvalue weighted by atomic mass is 79.9. The Morgan fingerprint density at radius 2 is 2.00 bits per heavy atom. The van der Waals surface area contributed by atoms with E-state index in [0.717, 1.165) is 6.07 Å². The van der Waals surface area contributed by atoms with Gasteiger partial charge in [-0.2, -0.15) is 8.78 Å². The van der Waals surface area contributed by atoms with E-state index in [1.807, 2.05) is 0 Å². The fraction of sp³-hybridized carbons (Fsp3) is 0.250. The molecule has 0 amide bonds. The van der Waals surface area contributed by atoms with Gasteiger partial charge in [0.15, 0.2) is 0 Å². The minimum Gasteiger partial charge on any atom is -0.326 e. The first-order valence-corrected chi connectivity index (χ1v) is 6.53. The molecule has 0 saturated carbocycles. The third-order valence-corrected chi connectivity index (χ3v) is 3.59. The first kappa shape index (κ1) is 13.7. The van der Waals surface area contributed by atoms with Gasteiger partial charge in [-0.15, -0.1) is 0 Å². The summed E-state index contributed by atoms with van der Waals surface area (Å²) in [5.41, 5.74) is 0.921. The topological polar surface area (TPSA) is 83.6 Å². The van der Waals surface area contributed by atoms with Crippen LogP contribution in [0, 0.1) is 0 Å². The summed E-state index contributed by atoms with van der Waals surface area (Å²) < 4.78 is 37.2. The number of rotatable bonds is 3. The molecule has 1 aromatic carbocycles. The second-order valence-corrected chi connectivity index (χ2v) is 5.61. The normalized spacial score (nSPS) is 12.9. The van der Waals surface area contributed by atoms with Crippen LogP contribution in [-0.4, -0.2) is 9.79 Å². The number of benzene rings is 1. The number of nitrogens with two attached hydrogens (primary N) is 1.